The maximum atomic E-state index is 13.3. The molecular weight excluding hydrogens is 300 g/mol. The van der Waals surface area contributed by atoms with Crippen LogP contribution < -0.4 is 0 Å². The first-order valence-electron chi connectivity index (χ1n) is 6.97. The van der Waals surface area contributed by atoms with E-state index < -0.39 is 27.8 Å². The van der Waals surface area contributed by atoms with Crippen LogP contribution in [-0.4, -0.2) is 36.5 Å². The monoisotopic (exact) mass is 319 g/mol. The summed E-state index contributed by atoms with van der Waals surface area (Å²) in [5, 5.41) is 9.51. The van der Waals surface area contributed by atoms with Gasteiger partial charge in [0.05, 0.1) is 11.0 Å². The van der Waals surface area contributed by atoms with Gasteiger partial charge in [0, 0.05) is 12.6 Å². The lowest BCUT2D eigenvalue weighted by Gasteiger charge is -2.35. The van der Waals surface area contributed by atoms with Gasteiger partial charge in [0.2, 0.25) is 10.0 Å². The average Bonchev–Trinajstić information content (AvgIpc) is 2.41. The fourth-order valence-electron chi connectivity index (χ4n) is 2.69. The number of aliphatic hydroxyl groups excluding tert-OH is 1. The van der Waals surface area contributed by atoms with E-state index in [4.69, 9.17) is 0 Å². The Kier molecular flexibility index (Phi) is 4.95. The maximum Gasteiger partial charge on any atom is 0.243 e. The molecule has 2 unspecified atom stereocenters. The summed E-state index contributed by atoms with van der Waals surface area (Å²) >= 11 is 0. The van der Waals surface area contributed by atoms with Crippen LogP contribution in [0.5, 0.6) is 0 Å². The van der Waals surface area contributed by atoms with Gasteiger partial charge < -0.3 is 5.11 Å². The van der Waals surface area contributed by atoms with E-state index in [9.17, 15) is 22.3 Å². The molecule has 1 heterocycles. The quantitative estimate of drug-likeness (QED) is 0.926. The Balaban J connectivity index is 2.33. The third kappa shape index (κ3) is 3.59. The minimum Gasteiger partial charge on any atom is -0.393 e. The first kappa shape index (κ1) is 16.3. The lowest BCUT2D eigenvalue weighted by Crippen LogP contribution is -2.44. The summed E-state index contributed by atoms with van der Waals surface area (Å²) in [5.74, 6) is -2.26. The molecule has 1 N–H and O–H groups in total. The molecule has 1 aromatic rings. The van der Waals surface area contributed by atoms with Crippen molar-refractivity contribution < 1.29 is 22.3 Å². The first-order valence-corrected chi connectivity index (χ1v) is 8.41. The Hall–Kier alpha value is -1.05. The van der Waals surface area contributed by atoms with Gasteiger partial charge in [0.1, 0.15) is 0 Å². The lowest BCUT2D eigenvalue weighted by molar-refractivity contribution is 0.131. The van der Waals surface area contributed by atoms with Crippen LogP contribution in [0.3, 0.4) is 0 Å². The summed E-state index contributed by atoms with van der Waals surface area (Å²) in [6, 6.07) is 2.29. The van der Waals surface area contributed by atoms with Crippen LogP contribution in [0.4, 0.5) is 8.78 Å². The van der Waals surface area contributed by atoms with Crippen molar-refractivity contribution in [3.05, 3.63) is 29.8 Å². The molecule has 0 bridgehead atoms. The van der Waals surface area contributed by atoms with E-state index in [-0.39, 0.29) is 10.9 Å². The average molecular weight is 319 g/mol. The van der Waals surface area contributed by atoms with Gasteiger partial charge in [-0.3, -0.25) is 0 Å². The zero-order chi connectivity index (χ0) is 15.6. The second kappa shape index (κ2) is 6.37. The van der Waals surface area contributed by atoms with Gasteiger partial charge in [-0.15, -0.1) is 0 Å². The van der Waals surface area contributed by atoms with E-state index >= 15 is 0 Å². The van der Waals surface area contributed by atoms with Crippen molar-refractivity contribution in [1.29, 1.82) is 0 Å². The lowest BCUT2D eigenvalue weighted by atomic mass is 10.00. The third-order valence-electron chi connectivity index (χ3n) is 3.68. The van der Waals surface area contributed by atoms with Gasteiger partial charge in [-0.2, -0.15) is 4.31 Å². The number of halogens is 2. The number of rotatable bonds is 4. The fourth-order valence-corrected chi connectivity index (χ4v) is 4.41. The predicted molar refractivity (Wildman–Crippen MR) is 74.2 cm³/mol. The zero-order valence-corrected chi connectivity index (χ0v) is 12.6. The van der Waals surface area contributed by atoms with Crippen LogP contribution in [0.25, 0.3) is 0 Å². The fraction of sp³-hybridized carbons (Fsp3) is 0.571. The molecule has 0 saturated carbocycles. The number of aliphatic hydroxyl groups is 1. The Morgan fingerprint density at radius 2 is 2.05 bits per heavy atom. The van der Waals surface area contributed by atoms with Crippen LogP contribution in [0.1, 0.15) is 32.6 Å². The molecular formula is C14H19F2NO3S. The Morgan fingerprint density at radius 1 is 1.33 bits per heavy atom. The summed E-state index contributed by atoms with van der Waals surface area (Å²) < 4.78 is 52.7. The molecule has 1 aliphatic heterocycles. The van der Waals surface area contributed by atoms with E-state index in [0.717, 1.165) is 25.0 Å². The van der Waals surface area contributed by atoms with Crippen LogP contribution in [0.15, 0.2) is 23.1 Å². The zero-order valence-electron chi connectivity index (χ0n) is 11.8. The molecule has 0 aromatic heterocycles. The largest absolute Gasteiger partial charge is 0.393 e. The second-order valence-corrected chi connectivity index (χ2v) is 7.32. The molecule has 118 valence electrons. The third-order valence-corrected chi connectivity index (χ3v) is 5.63. The van der Waals surface area contributed by atoms with Crippen molar-refractivity contribution in [2.45, 2.75) is 49.6 Å². The second-order valence-electron chi connectivity index (χ2n) is 5.43. The summed E-state index contributed by atoms with van der Waals surface area (Å²) in [7, 11) is -3.88. The molecule has 1 saturated heterocycles. The van der Waals surface area contributed by atoms with Gasteiger partial charge in [-0.25, -0.2) is 17.2 Å². The predicted octanol–water partition coefficient (Wildman–Crippen LogP) is 2.28. The smallest absolute Gasteiger partial charge is 0.243 e. The molecule has 2 atom stereocenters. The molecule has 0 amide bonds. The van der Waals surface area contributed by atoms with Gasteiger partial charge in [0.25, 0.3) is 0 Å². The highest BCUT2D eigenvalue weighted by molar-refractivity contribution is 7.89. The van der Waals surface area contributed by atoms with Crippen LogP contribution in [0, 0.1) is 11.6 Å². The molecule has 1 aromatic carbocycles. The molecule has 0 aliphatic carbocycles. The minimum absolute atomic E-state index is 0.251. The van der Waals surface area contributed by atoms with Gasteiger partial charge in [-0.05, 0) is 44.4 Å². The van der Waals surface area contributed by atoms with E-state index in [0.29, 0.717) is 25.5 Å². The van der Waals surface area contributed by atoms with Crippen molar-refractivity contribution >= 4 is 10.0 Å². The van der Waals surface area contributed by atoms with E-state index in [2.05, 4.69) is 0 Å². The Morgan fingerprint density at radius 3 is 2.67 bits per heavy atom. The number of piperidine rings is 1. The van der Waals surface area contributed by atoms with Gasteiger partial charge in [0.15, 0.2) is 11.6 Å². The van der Waals surface area contributed by atoms with Gasteiger partial charge >= 0.3 is 0 Å². The number of sulfonamides is 1. The van der Waals surface area contributed by atoms with Crippen molar-refractivity contribution in [3.63, 3.8) is 0 Å². The summed E-state index contributed by atoms with van der Waals surface area (Å²) in [6.45, 7) is 1.94. The topological polar surface area (TPSA) is 57.6 Å². The summed E-state index contributed by atoms with van der Waals surface area (Å²) in [5.41, 5.74) is 0. The van der Waals surface area contributed by atoms with Crippen molar-refractivity contribution in [2.75, 3.05) is 6.54 Å². The minimum atomic E-state index is -3.88. The van der Waals surface area contributed by atoms with E-state index in [1.54, 1.807) is 6.92 Å². The van der Waals surface area contributed by atoms with E-state index in [1.165, 1.54) is 4.31 Å². The standard InChI is InChI=1S/C14H19F2NO3S/c1-10(18)8-11-4-2-3-7-17(11)21(19,20)12-5-6-13(15)14(16)9-12/h5-6,9-11,18H,2-4,7-8H2,1H3. The molecule has 7 heteroatoms. The molecule has 1 fully saturated rings. The molecule has 0 spiro atoms. The number of hydrogen-bond donors (Lipinski definition) is 1. The Labute approximate surface area is 123 Å². The molecule has 2 rings (SSSR count). The summed E-state index contributed by atoms with van der Waals surface area (Å²) in [6.07, 6.45) is 1.99. The number of hydrogen-bond acceptors (Lipinski definition) is 3. The number of nitrogens with zero attached hydrogens (tertiary/aromatic N) is 1. The highest BCUT2D eigenvalue weighted by atomic mass is 32.2. The summed E-state index contributed by atoms with van der Waals surface area (Å²) in [4.78, 5) is -0.251. The number of benzene rings is 1. The van der Waals surface area contributed by atoms with E-state index in [1.807, 2.05) is 0 Å². The van der Waals surface area contributed by atoms with Crippen LogP contribution >= 0.6 is 0 Å². The first-order chi connectivity index (χ1) is 9.82. The molecule has 0 radical (unpaired) electrons. The van der Waals surface area contributed by atoms with Crippen molar-refractivity contribution in [3.8, 4) is 0 Å². The maximum absolute atomic E-state index is 13.3. The highest BCUT2D eigenvalue weighted by Gasteiger charge is 2.34. The molecule has 1 aliphatic rings. The SMILES string of the molecule is CC(O)CC1CCCCN1S(=O)(=O)c1ccc(F)c(F)c1. The molecule has 4 nitrogen and oxygen atoms in total. The highest BCUT2D eigenvalue weighted by Crippen LogP contribution is 2.28. The van der Waals surface area contributed by atoms with Crippen LogP contribution in [-0.2, 0) is 10.0 Å². The van der Waals surface area contributed by atoms with Crippen molar-refractivity contribution in [2.24, 2.45) is 0 Å². The van der Waals surface area contributed by atoms with Crippen LogP contribution in [0.2, 0.25) is 0 Å². The molecule has 21 heavy (non-hydrogen) atoms. The Bertz CT molecular complexity index is 604. The van der Waals surface area contributed by atoms with Crippen molar-refractivity contribution in [1.82, 2.24) is 4.31 Å². The van der Waals surface area contributed by atoms with Gasteiger partial charge in [-0.1, -0.05) is 6.42 Å². The normalized spacial score (nSPS) is 22.2.